The highest BCUT2D eigenvalue weighted by Gasteiger charge is 2.22. The predicted octanol–water partition coefficient (Wildman–Crippen LogP) is 3.71. The molecule has 118 valence electrons. The molecule has 22 heavy (non-hydrogen) atoms. The van der Waals surface area contributed by atoms with Crippen LogP contribution in [0.4, 0.5) is 0 Å². The van der Waals surface area contributed by atoms with Crippen molar-refractivity contribution < 1.29 is 9.47 Å². The molecule has 0 aliphatic rings. The fourth-order valence-electron chi connectivity index (χ4n) is 2.20. The Morgan fingerprint density at radius 1 is 0.773 bits per heavy atom. The molecule has 2 atom stereocenters. The highest BCUT2D eigenvalue weighted by Crippen LogP contribution is 2.35. The van der Waals surface area contributed by atoms with Gasteiger partial charge in [0.15, 0.2) is 0 Å². The molecular formula is C16H18Cl2N2O2. The van der Waals surface area contributed by atoms with Crippen molar-refractivity contribution in [2.75, 3.05) is 14.2 Å². The molecule has 0 aliphatic carbocycles. The molecule has 0 saturated carbocycles. The Labute approximate surface area is 139 Å². The molecule has 0 radical (unpaired) electrons. The summed E-state index contributed by atoms with van der Waals surface area (Å²) in [5.74, 6) is 1.33. The Balaban J connectivity index is 2.30. The molecular weight excluding hydrogens is 323 g/mol. The summed E-state index contributed by atoms with van der Waals surface area (Å²) in [6.07, 6.45) is 0. The Morgan fingerprint density at radius 2 is 1.14 bits per heavy atom. The Hall–Kier alpha value is -1.46. The number of nitrogens with two attached hydrogens (primary N) is 2. The van der Waals surface area contributed by atoms with Crippen LogP contribution < -0.4 is 20.9 Å². The lowest BCUT2D eigenvalue weighted by Crippen LogP contribution is -2.27. The molecule has 6 heteroatoms. The van der Waals surface area contributed by atoms with Crippen LogP contribution in [0.25, 0.3) is 0 Å². The summed E-state index contributed by atoms with van der Waals surface area (Å²) < 4.78 is 10.3. The van der Waals surface area contributed by atoms with Gasteiger partial charge in [0, 0.05) is 10.0 Å². The first kappa shape index (κ1) is 16.9. The molecule has 2 rings (SSSR count). The molecule has 0 aliphatic heterocycles. The maximum absolute atomic E-state index is 6.26. The zero-order valence-electron chi connectivity index (χ0n) is 12.3. The zero-order valence-corrected chi connectivity index (χ0v) is 13.9. The fourth-order valence-corrected chi connectivity index (χ4v) is 2.79. The van der Waals surface area contributed by atoms with Gasteiger partial charge in [-0.05, 0) is 35.4 Å². The van der Waals surface area contributed by atoms with Gasteiger partial charge in [0.25, 0.3) is 0 Å². The van der Waals surface area contributed by atoms with Crippen molar-refractivity contribution >= 4 is 23.2 Å². The first-order chi connectivity index (χ1) is 10.5. The lowest BCUT2D eigenvalue weighted by molar-refractivity contribution is 0.414. The first-order valence-electron chi connectivity index (χ1n) is 6.66. The second-order valence-electron chi connectivity index (χ2n) is 4.83. The molecule has 0 bridgehead atoms. The summed E-state index contributed by atoms with van der Waals surface area (Å²) in [7, 11) is 3.16. The third-order valence-electron chi connectivity index (χ3n) is 3.52. The minimum atomic E-state index is -0.496. The van der Waals surface area contributed by atoms with Gasteiger partial charge in [0.2, 0.25) is 0 Å². The van der Waals surface area contributed by atoms with Gasteiger partial charge >= 0.3 is 0 Å². The normalized spacial score (nSPS) is 13.5. The summed E-state index contributed by atoms with van der Waals surface area (Å²) in [5.41, 5.74) is 14.0. The summed E-state index contributed by atoms with van der Waals surface area (Å²) in [5, 5.41) is 1.01. The molecule has 0 fully saturated rings. The van der Waals surface area contributed by atoms with Crippen molar-refractivity contribution in [2.45, 2.75) is 12.1 Å². The minimum absolute atomic E-state index is 0.496. The van der Waals surface area contributed by atoms with Crippen molar-refractivity contribution in [3.05, 3.63) is 57.6 Å². The van der Waals surface area contributed by atoms with E-state index in [0.29, 0.717) is 21.5 Å². The SMILES string of the molecule is COc1ccc(C(N)C(N)c2ccc(OC)cc2Cl)c(Cl)c1. The summed E-state index contributed by atoms with van der Waals surface area (Å²) in [6, 6.07) is 9.63. The van der Waals surface area contributed by atoms with Crippen molar-refractivity contribution in [3.8, 4) is 11.5 Å². The molecule has 2 aromatic carbocycles. The number of rotatable bonds is 5. The van der Waals surface area contributed by atoms with Crippen molar-refractivity contribution in [3.63, 3.8) is 0 Å². The zero-order chi connectivity index (χ0) is 16.3. The standard InChI is InChI=1S/C16H18Cl2N2O2/c1-21-9-3-5-11(13(17)7-9)15(19)16(20)12-6-4-10(22-2)8-14(12)18/h3-8,15-16H,19-20H2,1-2H3. The second-order valence-corrected chi connectivity index (χ2v) is 5.64. The number of methoxy groups -OCH3 is 2. The number of halogens is 2. The summed E-state index contributed by atoms with van der Waals surface area (Å²) in [4.78, 5) is 0. The summed E-state index contributed by atoms with van der Waals surface area (Å²) >= 11 is 12.5. The van der Waals surface area contributed by atoms with Crippen LogP contribution in [-0.2, 0) is 0 Å². The third kappa shape index (κ3) is 3.47. The fraction of sp³-hybridized carbons (Fsp3) is 0.250. The Morgan fingerprint density at radius 3 is 1.41 bits per heavy atom. The second kappa shape index (κ2) is 7.20. The van der Waals surface area contributed by atoms with Crippen LogP contribution in [-0.4, -0.2) is 14.2 Å². The van der Waals surface area contributed by atoms with E-state index in [9.17, 15) is 0 Å². The van der Waals surface area contributed by atoms with E-state index in [-0.39, 0.29) is 0 Å². The van der Waals surface area contributed by atoms with Crippen LogP contribution in [0.2, 0.25) is 10.0 Å². The van der Waals surface area contributed by atoms with Gasteiger partial charge in [-0.3, -0.25) is 0 Å². The van der Waals surface area contributed by atoms with E-state index in [0.717, 1.165) is 11.1 Å². The van der Waals surface area contributed by atoms with E-state index in [1.807, 2.05) is 12.1 Å². The van der Waals surface area contributed by atoms with Gasteiger partial charge in [-0.2, -0.15) is 0 Å². The molecule has 0 heterocycles. The molecule has 0 amide bonds. The van der Waals surface area contributed by atoms with Gasteiger partial charge in [-0.15, -0.1) is 0 Å². The van der Waals surface area contributed by atoms with Crippen LogP contribution in [0, 0.1) is 0 Å². The van der Waals surface area contributed by atoms with Gasteiger partial charge in [-0.25, -0.2) is 0 Å². The lowest BCUT2D eigenvalue weighted by atomic mass is 9.94. The van der Waals surface area contributed by atoms with Gasteiger partial charge in [0.05, 0.1) is 26.3 Å². The molecule has 0 spiro atoms. The Bertz CT molecular complexity index is 607. The summed E-state index contributed by atoms with van der Waals surface area (Å²) in [6.45, 7) is 0. The minimum Gasteiger partial charge on any atom is -0.497 e. The average Bonchev–Trinajstić information content (AvgIpc) is 2.53. The molecule has 4 N–H and O–H groups in total. The van der Waals surface area contributed by atoms with Crippen LogP contribution in [0.1, 0.15) is 23.2 Å². The number of hydrogen-bond donors (Lipinski definition) is 2. The number of benzene rings is 2. The van der Waals surface area contributed by atoms with E-state index in [1.54, 1.807) is 38.5 Å². The predicted molar refractivity (Wildman–Crippen MR) is 89.9 cm³/mol. The van der Waals surface area contributed by atoms with E-state index in [2.05, 4.69) is 0 Å². The van der Waals surface area contributed by atoms with Crippen LogP contribution in [0.15, 0.2) is 36.4 Å². The lowest BCUT2D eigenvalue weighted by Gasteiger charge is -2.23. The number of hydrogen-bond acceptors (Lipinski definition) is 4. The largest absolute Gasteiger partial charge is 0.497 e. The average molecular weight is 341 g/mol. The highest BCUT2D eigenvalue weighted by atomic mass is 35.5. The van der Waals surface area contributed by atoms with Gasteiger partial charge in [-0.1, -0.05) is 35.3 Å². The topological polar surface area (TPSA) is 70.5 Å². The third-order valence-corrected chi connectivity index (χ3v) is 4.18. The van der Waals surface area contributed by atoms with Crippen molar-refractivity contribution in [1.82, 2.24) is 0 Å². The van der Waals surface area contributed by atoms with Gasteiger partial charge in [0.1, 0.15) is 11.5 Å². The molecule has 2 unspecified atom stereocenters. The van der Waals surface area contributed by atoms with Gasteiger partial charge < -0.3 is 20.9 Å². The highest BCUT2D eigenvalue weighted by molar-refractivity contribution is 6.32. The van der Waals surface area contributed by atoms with Crippen molar-refractivity contribution in [2.24, 2.45) is 11.5 Å². The smallest absolute Gasteiger partial charge is 0.120 e. The quantitative estimate of drug-likeness (QED) is 0.870. The first-order valence-corrected chi connectivity index (χ1v) is 7.41. The van der Waals surface area contributed by atoms with E-state index >= 15 is 0 Å². The van der Waals surface area contributed by atoms with E-state index in [4.69, 9.17) is 44.1 Å². The molecule has 0 aromatic heterocycles. The van der Waals surface area contributed by atoms with E-state index < -0.39 is 12.1 Å². The van der Waals surface area contributed by atoms with Crippen molar-refractivity contribution in [1.29, 1.82) is 0 Å². The Kier molecular flexibility index (Phi) is 5.53. The van der Waals surface area contributed by atoms with E-state index in [1.165, 1.54) is 0 Å². The van der Waals surface area contributed by atoms with Crippen LogP contribution in [0.5, 0.6) is 11.5 Å². The maximum atomic E-state index is 6.26. The monoisotopic (exact) mass is 340 g/mol. The molecule has 4 nitrogen and oxygen atoms in total. The van der Waals surface area contributed by atoms with Crippen LogP contribution >= 0.6 is 23.2 Å². The molecule has 0 saturated heterocycles. The van der Waals surface area contributed by atoms with Crippen LogP contribution in [0.3, 0.4) is 0 Å². The number of ether oxygens (including phenoxy) is 2. The molecule has 2 aromatic rings. The maximum Gasteiger partial charge on any atom is 0.120 e.